The minimum Gasteiger partial charge on any atom is -0.497 e. The molecule has 0 bridgehead atoms. The van der Waals surface area contributed by atoms with Crippen LogP contribution in [0.5, 0.6) is 5.75 Å². The summed E-state index contributed by atoms with van der Waals surface area (Å²) in [5, 5.41) is 7.26. The molecule has 0 aliphatic carbocycles. The summed E-state index contributed by atoms with van der Waals surface area (Å²) >= 11 is 5.40. The third kappa shape index (κ3) is 2.55. The van der Waals surface area contributed by atoms with Gasteiger partial charge in [-0.1, -0.05) is 6.07 Å². The Labute approximate surface area is 134 Å². The Balaban J connectivity index is 2.14. The van der Waals surface area contributed by atoms with E-state index in [9.17, 15) is 0 Å². The molecule has 3 rings (SSSR count). The first kappa shape index (κ1) is 14.5. The van der Waals surface area contributed by atoms with Gasteiger partial charge in [-0.05, 0) is 73.6 Å². The third-order valence-electron chi connectivity index (χ3n) is 3.77. The summed E-state index contributed by atoms with van der Waals surface area (Å²) in [6, 6.07) is 14.0. The Hall–Kier alpha value is -2.40. The van der Waals surface area contributed by atoms with Gasteiger partial charge in [0.25, 0.3) is 0 Å². The van der Waals surface area contributed by atoms with E-state index in [0.29, 0.717) is 4.77 Å². The van der Waals surface area contributed by atoms with Gasteiger partial charge in [0.1, 0.15) is 5.75 Å². The maximum atomic E-state index is 5.40. The quantitative estimate of drug-likeness (QED) is 0.736. The lowest BCUT2D eigenvalue weighted by Crippen LogP contribution is -1.99. The van der Waals surface area contributed by atoms with E-state index in [-0.39, 0.29) is 0 Å². The van der Waals surface area contributed by atoms with Gasteiger partial charge in [0, 0.05) is 5.56 Å². The van der Waals surface area contributed by atoms with Crippen molar-refractivity contribution in [2.45, 2.75) is 13.8 Å². The summed E-state index contributed by atoms with van der Waals surface area (Å²) in [5.74, 6) is 1.60. The van der Waals surface area contributed by atoms with Gasteiger partial charge >= 0.3 is 0 Å². The van der Waals surface area contributed by atoms with Gasteiger partial charge in [-0.15, -0.1) is 0 Å². The Morgan fingerprint density at radius 1 is 1.05 bits per heavy atom. The Morgan fingerprint density at radius 3 is 2.41 bits per heavy atom. The molecule has 0 unspecified atom stereocenters. The average molecular weight is 311 g/mol. The lowest BCUT2D eigenvalue weighted by Gasteiger charge is -2.09. The number of methoxy groups -OCH3 is 1. The van der Waals surface area contributed by atoms with E-state index in [1.807, 2.05) is 28.8 Å². The van der Waals surface area contributed by atoms with E-state index >= 15 is 0 Å². The number of ether oxygens (including phenoxy) is 1. The van der Waals surface area contributed by atoms with Crippen LogP contribution in [0.3, 0.4) is 0 Å². The van der Waals surface area contributed by atoms with Crippen LogP contribution < -0.4 is 4.74 Å². The second-order valence-electron chi connectivity index (χ2n) is 5.18. The summed E-state index contributed by atoms with van der Waals surface area (Å²) in [7, 11) is 1.65. The van der Waals surface area contributed by atoms with E-state index in [4.69, 9.17) is 17.0 Å². The molecule has 0 fully saturated rings. The molecule has 112 valence electrons. The highest BCUT2D eigenvalue weighted by atomic mass is 32.1. The van der Waals surface area contributed by atoms with Gasteiger partial charge in [-0.25, -0.2) is 0 Å². The maximum absolute atomic E-state index is 5.40. The first-order chi connectivity index (χ1) is 10.6. The number of aromatic nitrogens is 3. The van der Waals surface area contributed by atoms with E-state index in [2.05, 4.69) is 42.2 Å². The Kier molecular flexibility index (Phi) is 3.81. The zero-order valence-corrected chi connectivity index (χ0v) is 13.6. The van der Waals surface area contributed by atoms with E-state index in [0.717, 1.165) is 22.8 Å². The van der Waals surface area contributed by atoms with Gasteiger partial charge in [-0.2, -0.15) is 5.10 Å². The summed E-state index contributed by atoms with van der Waals surface area (Å²) in [4.78, 5) is 0. The van der Waals surface area contributed by atoms with Gasteiger partial charge < -0.3 is 4.74 Å². The molecule has 5 heteroatoms. The molecule has 0 aliphatic rings. The molecule has 0 saturated carbocycles. The lowest BCUT2D eigenvalue weighted by atomic mass is 10.1. The highest BCUT2D eigenvalue weighted by Crippen LogP contribution is 2.24. The molecule has 3 aromatic rings. The average Bonchev–Trinajstić information content (AvgIpc) is 2.92. The smallest absolute Gasteiger partial charge is 0.200 e. The second-order valence-corrected chi connectivity index (χ2v) is 5.57. The van der Waals surface area contributed by atoms with Crippen LogP contribution in [-0.4, -0.2) is 21.9 Å². The first-order valence-corrected chi connectivity index (χ1v) is 7.40. The van der Waals surface area contributed by atoms with Crippen molar-refractivity contribution < 1.29 is 4.74 Å². The van der Waals surface area contributed by atoms with E-state index in [1.54, 1.807) is 7.11 Å². The molecule has 0 atom stereocenters. The van der Waals surface area contributed by atoms with Crippen molar-refractivity contribution >= 4 is 12.2 Å². The number of rotatable bonds is 3. The predicted octanol–water partition coefficient (Wildman–Crippen LogP) is 4.22. The van der Waals surface area contributed by atoms with Crippen LogP contribution in [0.25, 0.3) is 17.1 Å². The van der Waals surface area contributed by atoms with Crippen LogP contribution in [0, 0.1) is 18.6 Å². The van der Waals surface area contributed by atoms with Crippen LogP contribution in [0.1, 0.15) is 11.1 Å². The molecule has 22 heavy (non-hydrogen) atoms. The monoisotopic (exact) mass is 311 g/mol. The number of H-pyrrole nitrogens is 1. The van der Waals surface area contributed by atoms with Gasteiger partial charge in [0.15, 0.2) is 10.6 Å². The van der Waals surface area contributed by atoms with Crippen LogP contribution in [0.15, 0.2) is 42.5 Å². The Bertz CT molecular complexity index is 862. The molecule has 0 amide bonds. The largest absolute Gasteiger partial charge is 0.497 e. The number of hydrogen-bond acceptors (Lipinski definition) is 3. The number of nitrogens with one attached hydrogen (secondary N) is 1. The van der Waals surface area contributed by atoms with Crippen molar-refractivity contribution in [3.8, 4) is 22.8 Å². The van der Waals surface area contributed by atoms with Crippen molar-refractivity contribution in [2.24, 2.45) is 0 Å². The number of aryl methyl sites for hydroxylation is 2. The zero-order valence-electron chi connectivity index (χ0n) is 12.8. The summed E-state index contributed by atoms with van der Waals surface area (Å²) < 4.78 is 7.72. The number of hydrogen-bond donors (Lipinski definition) is 1. The van der Waals surface area contributed by atoms with Crippen molar-refractivity contribution in [3.05, 3.63) is 58.4 Å². The molecular formula is C17H17N3OS. The summed E-state index contributed by atoms with van der Waals surface area (Å²) in [5.41, 5.74) is 4.46. The summed E-state index contributed by atoms with van der Waals surface area (Å²) in [6.07, 6.45) is 0. The standard InChI is InChI=1S/C17H17N3OS/c1-11-4-7-14(10-12(11)2)20-16(18-19-17(20)22)13-5-8-15(21-3)9-6-13/h4-10H,1-3H3,(H,19,22). The predicted molar refractivity (Wildman–Crippen MR) is 90.2 cm³/mol. The van der Waals surface area contributed by atoms with Crippen molar-refractivity contribution in [1.29, 1.82) is 0 Å². The number of aromatic amines is 1. The van der Waals surface area contributed by atoms with Crippen molar-refractivity contribution in [1.82, 2.24) is 14.8 Å². The van der Waals surface area contributed by atoms with Crippen LogP contribution in [-0.2, 0) is 0 Å². The first-order valence-electron chi connectivity index (χ1n) is 6.99. The molecule has 0 saturated heterocycles. The zero-order chi connectivity index (χ0) is 15.7. The number of nitrogens with zero attached hydrogens (tertiary/aromatic N) is 2. The maximum Gasteiger partial charge on any atom is 0.200 e. The highest BCUT2D eigenvalue weighted by Gasteiger charge is 2.11. The molecule has 1 heterocycles. The molecule has 1 N–H and O–H groups in total. The second kappa shape index (κ2) is 5.77. The molecule has 1 aromatic heterocycles. The van der Waals surface area contributed by atoms with Crippen LogP contribution in [0.2, 0.25) is 0 Å². The molecular weight excluding hydrogens is 294 g/mol. The van der Waals surface area contributed by atoms with Crippen LogP contribution >= 0.6 is 12.2 Å². The molecule has 2 aromatic carbocycles. The molecule has 4 nitrogen and oxygen atoms in total. The SMILES string of the molecule is COc1ccc(-c2n[nH]c(=S)n2-c2ccc(C)c(C)c2)cc1. The minimum absolute atomic E-state index is 0.578. The third-order valence-corrected chi connectivity index (χ3v) is 4.04. The van der Waals surface area contributed by atoms with Crippen molar-refractivity contribution in [2.75, 3.05) is 7.11 Å². The van der Waals surface area contributed by atoms with Crippen LogP contribution in [0.4, 0.5) is 0 Å². The highest BCUT2D eigenvalue weighted by molar-refractivity contribution is 7.71. The fraction of sp³-hybridized carbons (Fsp3) is 0.176. The van der Waals surface area contributed by atoms with Crippen molar-refractivity contribution in [3.63, 3.8) is 0 Å². The molecule has 0 radical (unpaired) electrons. The topological polar surface area (TPSA) is 42.8 Å². The van der Waals surface area contributed by atoms with E-state index in [1.165, 1.54) is 11.1 Å². The van der Waals surface area contributed by atoms with Gasteiger partial charge in [0.05, 0.1) is 12.8 Å². The normalized spacial score (nSPS) is 10.7. The number of benzene rings is 2. The van der Waals surface area contributed by atoms with E-state index < -0.39 is 0 Å². The van der Waals surface area contributed by atoms with Gasteiger partial charge in [0.2, 0.25) is 0 Å². The Morgan fingerprint density at radius 2 is 1.77 bits per heavy atom. The lowest BCUT2D eigenvalue weighted by molar-refractivity contribution is 0.415. The minimum atomic E-state index is 0.578. The molecule has 0 spiro atoms. The fourth-order valence-corrected chi connectivity index (χ4v) is 2.57. The molecule has 0 aliphatic heterocycles. The van der Waals surface area contributed by atoms with Gasteiger partial charge in [-0.3, -0.25) is 9.67 Å². The fourth-order valence-electron chi connectivity index (χ4n) is 2.33. The summed E-state index contributed by atoms with van der Waals surface area (Å²) in [6.45, 7) is 4.19.